The first-order valence-corrected chi connectivity index (χ1v) is 8.32. The first kappa shape index (κ1) is 14.5. The van der Waals surface area contributed by atoms with Crippen LogP contribution < -0.4 is 5.32 Å². The third kappa shape index (κ3) is 3.27. The lowest BCUT2D eigenvalue weighted by Gasteiger charge is -2.27. The van der Waals surface area contributed by atoms with Crippen LogP contribution in [0.25, 0.3) is 0 Å². The highest BCUT2D eigenvalue weighted by atomic mass is 79.9. The molecule has 1 aromatic carbocycles. The molecule has 6 heteroatoms. The van der Waals surface area contributed by atoms with Crippen LogP contribution in [0.1, 0.15) is 10.4 Å². The first-order chi connectivity index (χ1) is 10.1. The van der Waals surface area contributed by atoms with Crippen molar-refractivity contribution in [1.29, 1.82) is 0 Å². The maximum atomic E-state index is 13.6. The molecule has 3 rings (SSSR count). The van der Waals surface area contributed by atoms with Gasteiger partial charge < -0.3 is 10.2 Å². The summed E-state index contributed by atoms with van der Waals surface area (Å²) >= 11 is 5.04. The zero-order valence-electron chi connectivity index (χ0n) is 11.2. The van der Waals surface area contributed by atoms with Gasteiger partial charge in [0.15, 0.2) is 0 Å². The number of carbonyl (C=O) groups is 1. The molecule has 1 aliphatic heterocycles. The predicted molar refractivity (Wildman–Crippen MR) is 86.0 cm³/mol. The number of carbonyl (C=O) groups excluding carboxylic acids is 1. The van der Waals surface area contributed by atoms with E-state index in [1.165, 1.54) is 16.5 Å². The lowest BCUT2D eigenvalue weighted by Crippen LogP contribution is -2.38. The van der Waals surface area contributed by atoms with Crippen LogP contribution in [-0.2, 0) is 17.8 Å². The molecule has 3 nitrogen and oxygen atoms in total. The molecular formula is C15H14BrFN2OS. The summed E-state index contributed by atoms with van der Waals surface area (Å²) in [6.45, 7) is 1.49. The molecule has 2 heterocycles. The van der Waals surface area contributed by atoms with E-state index >= 15 is 0 Å². The number of rotatable bonds is 3. The lowest BCUT2D eigenvalue weighted by atomic mass is 10.1. The van der Waals surface area contributed by atoms with Crippen molar-refractivity contribution in [1.82, 2.24) is 4.90 Å². The predicted octanol–water partition coefficient (Wildman–Crippen LogP) is 3.65. The molecule has 0 bridgehead atoms. The van der Waals surface area contributed by atoms with Crippen molar-refractivity contribution in [3.8, 4) is 0 Å². The summed E-state index contributed by atoms with van der Waals surface area (Å²) in [7, 11) is 0. The van der Waals surface area contributed by atoms with Crippen molar-refractivity contribution in [2.24, 2.45) is 0 Å². The molecule has 110 valence electrons. The monoisotopic (exact) mass is 368 g/mol. The number of thiophene rings is 1. The van der Waals surface area contributed by atoms with Gasteiger partial charge in [0.25, 0.3) is 0 Å². The molecular weight excluding hydrogens is 355 g/mol. The number of anilines is 1. The van der Waals surface area contributed by atoms with Crippen LogP contribution in [0.15, 0.2) is 34.1 Å². The largest absolute Gasteiger partial charge is 0.374 e. The van der Waals surface area contributed by atoms with Gasteiger partial charge in [-0.1, -0.05) is 15.9 Å². The average molecular weight is 369 g/mol. The normalized spacial score (nSPS) is 13.9. The highest BCUT2D eigenvalue weighted by molar-refractivity contribution is 9.10. The Balaban J connectivity index is 1.61. The van der Waals surface area contributed by atoms with E-state index in [0.717, 1.165) is 17.4 Å². The second-order valence-electron chi connectivity index (χ2n) is 4.91. The Labute approximate surface area is 134 Å². The molecule has 1 aliphatic rings. The fraction of sp³-hybridized carbons (Fsp3) is 0.267. The number of benzene rings is 1. The highest BCUT2D eigenvalue weighted by Gasteiger charge is 2.21. The van der Waals surface area contributed by atoms with Crippen LogP contribution in [0, 0.1) is 5.82 Å². The second kappa shape index (κ2) is 6.15. The molecule has 0 saturated heterocycles. The molecule has 0 aliphatic carbocycles. The quantitative estimate of drug-likeness (QED) is 0.896. The molecule has 0 radical (unpaired) electrons. The third-order valence-electron chi connectivity index (χ3n) is 3.52. The number of hydrogen-bond donors (Lipinski definition) is 1. The zero-order chi connectivity index (χ0) is 14.8. The topological polar surface area (TPSA) is 32.3 Å². The van der Waals surface area contributed by atoms with E-state index in [4.69, 9.17) is 0 Å². The van der Waals surface area contributed by atoms with Gasteiger partial charge >= 0.3 is 0 Å². The van der Waals surface area contributed by atoms with E-state index in [-0.39, 0.29) is 18.3 Å². The van der Waals surface area contributed by atoms with E-state index in [9.17, 15) is 9.18 Å². The Bertz CT molecular complexity index is 673. The summed E-state index contributed by atoms with van der Waals surface area (Å²) in [6, 6.07) is 6.71. The molecule has 1 N–H and O–H groups in total. The summed E-state index contributed by atoms with van der Waals surface area (Å²) in [5.41, 5.74) is 1.57. The zero-order valence-corrected chi connectivity index (χ0v) is 13.6. The van der Waals surface area contributed by atoms with Gasteiger partial charge in [0.2, 0.25) is 5.91 Å². The highest BCUT2D eigenvalue weighted by Crippen LogP contribution is 2.24. The van der Waals surface area contributed by atoms with Crippen molar-refractivity contribution in [3.05, 3.63) is 50.4 Å². The summed E-state index contributed by atoms with van der Waals surface area (Å²) in [4.78, 5) is 15.4. The number of nitrogens with zero attached hydrogens (tertiary/aromatic N) is 1. The SMILES string of the molecule is O=C(CNc1cc(Br)ccc1F)N1CCc2sccc2C1. The van der Waals surface area contributed by atoms with Gasteiger partial charge in [-0.3, -0.25) is 4.79 Å². The molecule has 1 aromatic heterocycles. The molecule has 0 spiro atoms. The number of halogens is 2. The van der Waals surface area contributed by atoms with Crippen molar-refractivity contribution >= 4 is 38.9 Å². The van der Waals surface area contributed by atoms with E-state index in [2.05, 4.69) is 32.7 Å². The number of amides is 1. The molecule has 0 atom stereocenters. The maximum absolute atomic E-state index is 13.6. The van der Waals surface area contributed by atoms with E-state index in [0.29, 0.717) is 12.2 Å². The average Bonchev–Trinajstić information content (AvgIpc) is 2.95. The molecule has 21 heavy (non-hydrogen) atoms. The first-order valence-electron chi connectivity index (χ1n) is 6.65. The van der Waals surface area contributed by atoms with Gasteiger partial charge in [0.05, 0.1) is 12.2 Å². The summed E-state index contributed by atoms with van der Waals surface area (Å²) < 4.78 is 14.4. The minimum absolute atomic E-state index is 0.00812. The van der Waals surface area contributed by atoms with Crippen LogP contribution in [0.5, 0.6) is 0 Å². The van der Waals surface area contributed by atoms with Crippen LogP contribution in [0.2, 0.25) is 0 Å². The van der Waals surface area contributed by atoms with Gasteiger partial charge in [0.1, 0.15) is 5.82 Å². The van der Waals surface area contributed by atoms with Crippen LogP contribution >= 0.6 is 27.3 Å². The molecule has 2 aromatic rings. The van der Waals surface area contributed by atoms with Crippen LogP contribution in [-0.4, -0.2) is 23.9 Å². The van der Waals surface area contributed by atoms with Gasteiger partial charge in [0, 0.05) is 22.4 Å². The fourth-order valence-corrected chi connectivity index (χ4v) is 3.63. The number of nitrogens with one attached hydrogen (secondary N) is 1. The summed E-state index contributed by atoms with van der Waals surface area (Å²) in [5, 5.41) is 4.94. The van der Waals surface area contributed by atoms with Crippen LogP contribution in [0.3, 0.4) is 0 Å². The minimum atomic E-state index is -0.357. The Morgan fingerprint density at radius 2 is 2.29 bits per heavy atom. The molecule has 0 unspecified atom stereocenters. The van der Waals surface area contributed by atoms with Crippen molar-refractivity contribution in [2.45, 2.75) is 13.0 Å². The third-order valence-corrected chi connectivity index (χ3v) is 5.04. The standard InChI is InChI=1S/C15H14BrFN2OS/c16-11-1-2-12(17)13(7-11)18-8-15(20)19-5-3-14-10(9-19)4-6-21-14/h1-2,4,6-7,18H,3,5,8-9H2. The Morgan fingerprint density at radius 1 is 1.43 bits per heavy atom. The fourth-order valence-electron chi connectivity index (χ4n) is 2.38. The van der Waals surface area contributed by atoms with Crippen molar-refractivity contribution < 1.29 is 9.18 Å². The summed E-state index contributed by atoms with van der Waals surface area (Å²) in [6.07, 6.45) is 0.907. The molecule has 0 fully saturated rings. The molecule has 0 saturated carbocycles. The van der Waals surface area contributed by atoms with E-state index in [1.54, 1.807) is 23.5 Å². The van der Waals surface area contributed by atoms with Gasteiger partial charge in [-0.15, -0.1) is 11.3 Å². The Morgan fingerprint density at radius 3 is 3.14 bits per heavy atom. The van der Waals surface area contributed by atoms with Gasteiger partial charge in [-0.2, -0.15) is 0 Å². The van der Waals surface area contributed by atoms with Gasteiger partial charge in [-0.25, -0.2) is 4.39 Å². The number of fused-ring (bicyclic) bond motifs is 1. The van der Waals surface area contributed by atoms with E-state index < -0.39 is 0 Å². The maximum Gasteiger partial charge on any atom is 0.242 e. The minimum Gasteiger partial charge on any atom is -0.374 e. The lowest BCUT2D eigenvalue weighted by molar-refractivity contribution is -0.130. The van der Waals surface area contributed by atoms with Crippen LogP contribution in [0.4, 0.5) is 10.1 Å². The second-order valence-corrected chi connectivity index (χ2v) is 6.83. The van der Waals surface area contributed by atoms with Crippen molar-refractivity contribution in [3.63, 3.8) is 0 Å². The Hall–Kier alpha value is -1.40. The smallest absolute Gasteiger partial charge is 0.242 e. The summed E-state index contributed by atoms with van der Waals surface area (Å²) in [5.74, 6) is -0.365. The number of hydrogen-bond acceptors (Lipinski definition) is 3. The van der Waals surface area contributed by atoms with Crippen molar-refractivity contribution in [2.75, 3.05) is 18.4 Å². The van der Waals surface area contributed by atoms with Gasteiger partial charge in [-0.05, 0) is 41.6 Å². The Kier molecular flexibility index (Phi) is 4.26. The molecule has 1 amide bonds. The van der Waals surface area contributed by atoms with E-state index in [1.807, 2.05) is 4.90 Å².